The average molecular weight is 448 g/mol. The van der Waals surface area contributed by atoms with E-state index in [4.69, 9.17) is 4.74 Å². The maximum Gasteiger partial charge on any atom is 0.268 e. The van der Waals surface area contributed by atoms with E-state index in [-0.39, 0.29) is 17.1 Å². The number of carbonyl (C=O) groups excluding carboxylic acids is 1. The monoisotopic (exact) mass is 447 g/mol. The maximum absolute atomic E-state index is 12.8. The summed E-state index contributed by atoms with van der Waals surface area (Å²) in [4.78, 5) is 18.5. The number of ether oxygens (including phenoxy) is 1. The molecule has 2 aromatic carbocycles. The van der Waals surface area contributed by atoms with Crippen LogP contribution in [0.15, 0.2) is 54.1 Å². The van der Waals surface area contributed by atoms with Crippen LogP contribution in [0.2, 0.25) is 0 Å². The van der Waals surface area contributed by atoms with E-state index in [0.29, 0.717) is 29.8 Å². The van der Waals surface area contributed by atoms with Gasteiger partial charge in [0.2, 0.25) is 0 Å². The smallest absolute Gasteiger partial charge is 0.268 e. The fraction of sp³-hybridized carbons (Fsp3) is 0.208. The van der Waals surface area contributed by atoms with E-state index in [1.54, 1.807) is 0 Å². The van der Waals surface area contributed by atoms with Crippen LogP contribution in [0.25, 0.3) is 17.3 Å². The van der Waals surface area contributed by atoms with Gasteiger partial charge in [0.15, 0.2) is 16.6 Å². The molecule has 7 nitrogen and oxygen atoms in total. The fourth-order valence-electron chi connectivity index (χ4n) is 3.53. The number of nitrogens with zero attached hydrogens (tertiary/aromatic N) is 2. The molecule has 0 bridgehead atoms. The Morgan fingerprint density at radius 3 is 2.59 bits per heavy atom. The van der Waals surface area contributed by atoms with Crippen molar-refractivity contribution < 1.29 is 19.7 Å². The van der Waals surface area contributed by atoms with E-state index in [2.05, 4.69) is 10.3 Å². The number of anilines is 1. The van der Waals surface area contributed by atoms with Crippen molar-refractivity contribution in [2.45, 2.75) is 18.8 Å². The molecule has 1 aromatic heterocycles. The zero-order chi connectivity index (χ0) is 22.5. The summed E-state index contributed by atoms with van der Waals surface area (Å²) in [6.45, 7) is 1.39. The molecule has 1 fully saturated rings. The largest absolute Gasteiger partial charge is 0.504 e. The van der Waals surface area contributed by atoms with Crippen molar-refractivity contribution in [2.24, 2.45) is 0 Å². The van der Waals surface area contributed by atoms with Crippen molar-refractivity contribution in [3.05, 3.63) is 64.5 Å². The van der Waals surface area contributed by atoms with E-state index in [0.717, 1.165) is 29.0 Å². The highest BCUT2D eigenvalue weighted by atomic mass is 32.1. The molecule has 0 atom stereocenters. The number of benzene rings is 2. The number of phenols is 2. The van der Waals surface area contributed by atoms with Gasteiger partial charge < -0.3 is 14.9 Å². The van der Waals surface area contributed by atoms with Crippen molar-refractivity contribution in [2.75, 3.05) is 18.5 Å². The third-order valence-electron chi connectivity index (χ3n) is 5.19. The first-order chi connectivity index (χ1) is 15.5. The van der Waals surface area contributed by atoms with Crippen molar-refractivity contribution >= 4 is 28.5 Å². The van der Waals surface area contributed by atoms with Crippen LogP contribution in [0.4, 0.5) is 5.13 Å². The number of carbonyl (C=O) groups is 1. The number of aromatic nitrogens is 1. The summed E-state index contributed by atoms with van der Waals surface area (Å²) in [6.07, 6.45) is 3.13. The van der Waals surface area contributed by atoms with Crippen LogP contribution in [-0.4, -0.2) is 34.3 Å². The molecule has 3 N–H and O–H groups in total. The number of amides is 1. The maximum atomic E-state index is 12.8. The van der Waals surface area contributed by atoms with Gasteiger partial charge in [-0.3, -0.25) is 10.1 Å². The summed E-state index contributed by atoms with van der Waals surface area (Å²) >= 11 is 1.42. The summed E-state index contributed by atoms with van der Waals surface area (Å²) in [7, 11) is 0. The van der Waals surface area contributed by atoms with Gasteiger partial charge in [0, 0.05) is 23.7 Å². The van der Waals surface area contributed by atoms with E-state index in [9.17, 15) is 20.3 Å². The summed E-state index contributed by atoms with van der Waals surface area (Å²) in [5.41, 5.74) is 2.09. The van der Waals surface area contributed by atoms with Crippen LogP contribution in [-0.2, 0) is 9.53 Å². The minimum absolute atomic E-state index is 0.140. The van der Waals surface area contributed by atoms with Crippen LogP contribution in [0, 0.1) is 11.3 Å². The molecule has 162 valence electrons. The Morgan fingerprint density at radius 2 is 1.91 bits per heavy atom. The predicted octanol–water partition coefficient (Wildman–Crippen LogP) is 4.66. The van der Waals surface area contributed by atoms with Crippen LogP contribution in [0.5, 0.6) is 11.5 Å². The Labute approximate surface area is 189 Å². The number of rotatable bonds is 5. The summed E-state index contributed by atoms with van der Waals surface area (Å²) < 4.78 is 5.49. The molecule has 0 saturated carbocycles. The number of nitrogens with one attached hydrogen (secondary N) is 1. The normalized spacial score (nSPS) is 14.7. The quantitative estimate of drug-likeness (QED) is 0.298. The molecule has 0 radical (unpaired) electrons. The molecule has 1 aliphatic rings. The Bertz CT molecular complexity index is 1190. The molecule has 0 unspecified atom stereocenters. The highest BCUT2D eigenvalue weighted by Gasteiger charge is 2.24. The summed E-state index contributed by atoms with van der Waals surface area (Å²) in [5, 5.41) is 31.7. The van der Waals surface area contributed by atoms with Gasteiger partial charge in [-0.1, -0.05) is 36.4 Å². The molecule has 32 heavy (non-hydrogen) atoms. The molecule has 2 heterocycles. The molecule has 1 amide bonds. The standard InChI is InChI=1S/C24H21N3O4S/c25-14-18(12-15-6-7-19(28)20(29)13-15)23(30)27-24-26-21(16-4-2-1-3-5-16)22(32-24)17-8-10-31-11-9-17/h1-7,12-13,17,28-29H,8-11H2,(H,26,27,30)/b18-12+. The van der Waals surface area contributed by atoms with Crippen LogP contribution in [0.1, 0.15) is 29.2 Å². The van der Waals surface area contributed by atoms with Gasteiger partial charge in [-0.2, -0.15) is 5.26 Å². The predicted molar refractivity (Wildman–Crippen MR) is 122 cm³/mol. The second kappa shape index (κ2) is 9.64. The van der Waals surface area contributed by atoms with E-state index in [1.807, 2.05) is 36.4 Å². The molecular formula is C24H21N3O4S. The Kier molecular flexibility index (Phi) is 6.50. The molecule has 4 rings (SSSR count). The van der Waals surface area contributed by atoms with Crippen LogP contribution in [0.3, 0.4) is 0 Å². The zero-order valence-corrected chi connectivity index (χ0v) is 17.9. The number of nitriles is 1. The Hall–Kier alpha value is -3.67. The zero-order valence-electron chi connectivity index (χ0n) is 17.1. The summed E-state index contributed by atoms with van der Waals surface area (Å²) in [6, 6.07) is 15.8. The molecule has 1 aliphatic heterocycles. The lowest BCUT2D eigenvalue weighted by Gasteiger charge is -2.21. The number of hydrogen-bond donors (Lipinski definition) is 3. The van der Waals surface area contributed by atoms with Gasteiger partial charge in [-0.15, -0.1) is 11.3 Å². The number of hydrogen-bond acceptors (Lipinski definition) is 7. The minimum Gasteiger partial charge on any atom is -0.504 e. The fourth-order valence-corrected chi connectivity index (χ4v) is 4.69. The van der Waals surface area contributed by atoms with Gasteiger partial charge in [0.1, 0.15) is 11.6 Å². The third kappa shape index (κ3) is 4.80. The van der Waals surface area contributed by atoms with Gasteiger partial charge in [0.05, 0.1) is 5.69 Å². The number of phenolic OH excluding ortho intramolecular Hbond substituents is 2. The van der Waals surface area contributed by atoms with E-state index in [1.165, 1.54) is 35.6 Å². The first kappa shape index (κ1) is 21.6. The molecule has 3 aromatic rings. The molecule has 1 saturated heterocycles. The van der Waals surface area contributed by atoms with Gasteiger partial charge in [-0.05, 0) is 42.5 Å². The Balaban J connectivity index is 1.62. The summed E-state index contributed by atoms with van der Waals surface area (Å²) in [5.74, 6) is -0.896. The van der Waals surface area contributed by atoms with Gasteiger partial charge >= 0.3 is 0 Å². The lowest BCUT2D eigenvalue weighted by atomic mass is 9.95. The van der Waals surface area contributed by atoms with Crippen molar-refractivity contribution in [1.29, 1.82) is 5.26 Å². The van der Waals surface area contributed by atoms with Crippen molar-refractivity contribution in [3.63, 3.8) is 0 Å². The molecule has 0 aliphatic carbocycles. The minimum atomic E-state index is -0.591. The average Bonchev–Trinajstić information content (AvgIpc) is 3.24. The van der Waals surface area contributed by atoms with Crippen molar-refractivity contribution in [1.82, 2.24) is 4.98 Å². The topological polar surface area (TPSA) is 115 Å². The first-order valence-electron chi connectivity index (χ1n) is 10.1. The van der Waals surface area contributed by atoms with Crippen LogP contribution < -0.4 is 5.32 Å². The van der Waals surface area contributed by atoms with Crippen LogP contribution >= 0.6 is 11.3 Å². The van der Waals surface area contributed by atoms with E-state index >= 15 is 0 Å². The van der Waals surface area contributed by atoms with Crippen molar-refractivity contribution in [3.8, 4) is 28.8 Å². The number of thiazole rings is 1. The highest BCUT2D eigenvalue weighted by Crippen LogP contribution is 2.40. The lowest BCUT2D eigenvalue weighted by molar-refractivity contribution is -0.112. The lowest BCUT2D eigenvalue weighted by Crippen LogP contribution is -2.13. The number of aromatic hydroxyl groups is 2. The second-order valence-electron chi connectivity index (χ2n) is 7.36. The molecule has 0 spiro atoms. The third-order valence-corrected chi connectivity index (χ3v) is 6.32. The second-order valence-corrected chi connectivity index (χ2v) is 8.39. The molecular weight excluding hydrogens is 426 g/mol. The Morgan fingerprint density at radius 1 is 1.16 bits per heavy atom. The van der Waals surface area contributed by atoms with Gasteiger partial charge in [0.25, 0.3) is 5.91 Å². The van der Waals surface area contributed by atoms with E-state index < -0.39 is 5.91 Å². The molecule has 8 heteroatoms. The highest BCUT2D eigenvalue weighted by molar-refractivity contribution is 7.16. The van der Waals surface area contributed by atoms with Gasteiger partial charge in [-0.25, -0.2) is 4.98 Å². The SMILES string of the molecule is N#C/C(=C\c1ccc(O)c(O)c1)C(=O)Nc1nc(-c2ccccc2)c(C2CCOCC2)s1. The first-order valence-corrected chi connectivity index (χ1v) is 11.0.